The Labute approximate surface area is 226 Å². The molecule has 0 bridgehead atoms. The summed E-state index contributed by atoms with van der Waals surface area (Å²) in [4.78, 5) is 28.9. The van der Waals surface area contributed by atoms with Gasteiger partial charge in [-0.3, -0.25) is 9.69 Å². The monoisotopic (exact) mass is 529 g/mol. The molecule has 6 rings (SSSR count). The highest BCUT2D eigenvalue weighted by molar-refractivity contribution is 7.21. The highest BCUT2D eigenvalue weighted by Crippen LogP contribution is 2.47. The molecule has 0 radical (unpaired) electrons. The number of para-hydroxylation sites is 1. The smallest absolute Gasteiger partial charge is 0.331 e. The lowest BCUT2D eigenvalue weighted by Gasteiger charge is -2.30. The van der Waals surface area contributed by atoms with Crippen LogP contribution in [0, 0.1) is 6.92 Å². The van der Waals surface area contributed by atoms with Crippen molar-refractivity contribution >= 4 is 50.4 Å². The number of thiophene rings is 1. The van der Waals surface area contributed by atoms with E-state index < -0.39 is 0 Å². The Kier molecular flexibility index (Phi) is 7.10. The third-order valence-corrected chi connectivity index (χ3v) is 8.15. The van der Waals surface area contributed by atoms with Crippen LogP contribution < -0.4 is 20.3 Å². The van der Waals surface area contributed by atoms with Crippen molar-refractivity contribution < 1.29 is 19.4 Å². The van der Waals surface area contributed by atoms with Crippen molar-refractivity contribution in [3.05, 3.63) is 77.2 Å². The van der Waals surface area contributed by atoms with E-state index in [4.69, 9.17) is 4.74 Å². The van der Waals surface area contributed by atoms with E-state index in [9.17, 15) is 14.7 Å². The summed E-state index contributed by atoms with van der Waals surface area (Å²) in [5, 5.41) is 16.7. The number of hydrogen-bond acceptors (Lipinski definition) is 5. The summed E-state index contributed by atoms with van der Waals surface area (Å²) in [6, 6.07) is 20.7. The summed E-state index contributed by atoms with van der Waals surface area (Å²) >= 11 is 1.38. The van der Waals surface area contributed by atoms with Crippen LogP contribution in [0.15, 0.2) is 66.7 Å². The van der Waals surface area contributed by atoms with Crippen molar-refractivity contribution in [2.75, 3.05) is 10.2 Å². The molecule has 3 N–H and O–H groups in total. The first kappa shape index (κ1) is 25.8. The maximum atomic E-state index is 13.5. The number of benzene rings is 3. The normalized spacial score (nSPS) is 18.5. The van der Waals surface area contributed by atoms with Crippen molar-refractivity contribution in [3.8, 4) is 11.5 Å². The van der Waals surface area contributed by atoms with Gasteiger partial charge >= 0.3 is 6.03 Å². The third-order valence-electron chi connectivity index (χ3n) is 7.00. The lowest BCUT2D eigenvalue weighted by molar-refractivity contribution is 0.0872. The lowest BCUT2D eigenvalue weighted by atomic mass is 9.93. The van der Waals surface area contributed by atoms with Crippen LogP contribution in [-0.2, 0) is 0 Å². The first-order valence-corrected chi connectivity index (χ1v) is 13.3. The summed E-state index contributed by atoms with van der Waals surface area (Å²) in [7, 11) is 0. The highest BCUT2D eigenvalue weighted by atomic mass is 32.1. The molecule has 1 aliphatic carbocycles. The Morgan fingerprint density at radius 3 is 2.50 bits per heavy atom. The van der Waals surface area contributed by atoms with Gasteiger partial charge in [0.2, 0.25) is 0 Å². The Morgan fingerprint density at radius 1 is 1.00 bits per heavy atom. The number of carbonyl (C=O) groups is 2. The fourth-order valence-electron chi connectivity index (χ4n) is 5.15. The number of urea groups is 1. The summed E-state index contributed by atoms with van der Waals surface area (Å²) in [5.41, 5.74) is 2.93. The summed E-state index contributed by atoms with van der Waals surface area (Å²) < 4.78 is 6.90. The number of carbonyl (C=O) groups excluding carboxylic acids is 2. The largest absolute Gasteiger partial charge is 0.457 e. The fraction of sp³-hybridized carbons (Fsp3) is 0.267. The van der Waals surface area contributed by atoms with E-state index >= 15 is 0 Å². The molecular weight excluding hydrogens is 498 g/mol. The van der Waals surface area contributed by atoms with Gasteiger partial charge in [0.15, 0.2) is 0 Å². The average molecular weight is 530 g/mol. The minimum absolute atomic E-state index is 0. The molecule has 1 aromatic heterocycles. The second kappa shape index (κ2) is 10.5. The minimum atomic E-state index is -0.312. The third kappa shape index (κ3) is 4.73. The summed E-state index contributed by atoms with van der Waals surface area (Å²) in [6.07, 6.45) is 2.60. The SMILES string of the molecule is C.Cc1cc(Oc2ccccc2)ccc1N1C(=O)Nc2c(C(=O)NC3CCC(O)CC3)sc3cccc1c23. The van der Waals surface area contributed by atoms with Crippen LogP contribution in [0.1, 0.15) is 48.3 Å². The molecular formula is C30H31N3O4S. The molecule has 38 heavy (non-hydrogen) atoms. The van der Waals surface area contributed by atoms with Gasteiger partial charge in [-0.15, -0.1) is 11.3 Å². The molecule has 1 saturated carbocycles. The van der Waals surface area contributed by atoms with Crippen LogP contribution in [0.4, 0.5) is 21.9 Å². The van der Waals surface area contributed by atoms with Gasteiger partial charge < -0.3 is 20.5 Å². The lowest BCUT2D eigenvalue weighted by Crippen LogP contribution is -2.39. The predicted molar refractivity (Wildman–Crippen MR) is 153 cm³/mol. The van der Waals surface area contributed by atoms with Gasteiger partial charge in [0.1, 0.15) is 16.4 Å². The van der Waals surface area contributed by atoms with E-state index in [1.54, 1.807) is 4.90 Å². The number of ether oxygens (including phenoxy) is 1. The second-order valence-corrected chi connectivity index (χ2v) is 10.6. The number of nitrogens with one attached hydrogen (secondary N) is 2. The van der Waals surface area contributed by atoms with Gasteiger partial charge in [0.25, 0.3) is 5.91 Å². The van der Waals surface area contributed by atoms with Crippen LogP contribution in [0.3, 0.4) is 0 Å². The molecule has 0 atom stereocenters. The van der Waals surface area contributed by atoms with Crippen LogP contribution in [-0.4, -0.2) is 29.2 Å². The van der Waals surface area contributed by atoms with E-state index in [0.717, 1.165) is 45.6 Å². The number of rotatable bonds is 5. The van der Waals surface area contributed by atoms with E-state index in [1.165, 1.54) is 11.3 Å². The standard InChI is InChI=1S/C29H27N3O4S.CH4/c1-17-16-21(36-20-6-3-2-4-7-20)14-15-22(17)32-23-8-5-9-24-25(23)26(31-29(32)35)27(37-24)28(34)30-18-10-12-19(33)13-11-18;/h2-9,14-16,18-19,33H,10-13H2,1H3,(H,30,34)(H,31,35);1H4. The maximum absolute atomic E-state index is 13.5. The molecule has 3 aromatic carbocycles. The van der Waals surface area contributed by atoms with Gasteiger partial charge in [-0.25, -0.2) is 4.79 Å². The topological polar surface area (TPSA) is 90.9 Å². The quantitative estimate of drug-likeness (QED) is 0.252. The molecule has 8 heteroatoms. The average Bonchev–Trinajstić information content (AvgIpc) is 3.27. The van der Waals surface area contributed by atoms with Gasteiger partial charge in [-0.1, -0.05) is 31.7 Å². The first-order chi connectivity index (χ1) is 18.0. The Balaban J connectivity index is 0.00000294. The van der Waals surface area contributed by atoms with E-state index in [1.807, 2.05) is 73.7 Å². The van der Waals surface area contributed by atoms with Crippen molar-refractivity contribution in [2.24, 2.45) is 0 Å². The molecule has 4 aromatic rings. The zero-order chi connectivity index (χ0) is 25.5. The molecule has 196 valence electrons. The summed E-state index contributed by atoms with van der Waals surface area (Å²) in [5.74, 6) is 1.25. The number of hydrogen-bond donors (Lipinski definition) is 3. The highest BCUT2D eigenvalue weighted by Gasteiger charge is 2.33. The molecule has 1 fully saturated rings. The summed E-state index contributed by atoms with van der Waals surface area (Å²) in [6.45, 7) is 1.95. The number of aliphatic hydroxyl groups excluding tert-OH is 1. The predicted octanol–water partition coefficient (Wildman–Crippen LogP) is 7.36. The number of anilines is 3. The van der Waals surface area contributed by atoms with E-state index in [0.29, 0.717) is 29.2 Å². The van der Waals surface area contributed by atoms with Gasteiger partial charge in [0.05, 0.1) is 23.2 Å². The number of aliphatic hydroxyl groups is 1. The number of aryl methyl sites for hydroxylation is 1. The second-order valence-electron chi connectivity index (χ2n) is 9.56. The molecule has 2 heterocycles. The van der Waals surface area contributed by atoms with Crippen LogP contribution in [0.2, 0.25) is 0 Å². The van der Waals surface area contributed by atoms with Crippen molar-refractivity contribution in [3.63, 3.8) is 0 Å². The van der Waals surface area contributed by atoms with Gasteiger partial charge in [-0.05, 0) is 80.6 Å². The number of amides is 3. The van der Waals surface area contributed by atoms with Crippen molar-refractivity contribution in [2.45, 2.75) is 52.2 Å². The molecule has 2 aliphatic rings. The van der Waals surface area contributed by atoms with E-state index in [2.05, 4.69) is 10.6 Å². The van der Waals surface area contributed by atoms with Gasteiger partial charge in [0, 0.05) is 16.1 Å². The molecule has 0 spiro atoms. The Bertz CT molecular complexity index is 1490. The molecule has 3 amide bonds. The minimum Gasteiger partial charge on any atom is -0.457 e. The fourth-order valence-corrected chi connectivity index (χ4v) is 6.23. The van der Waals surface area contributed by atoms with Crippen molar-refractivity contribution in [1.82, 2.24) is 5.32 Å². The first-order valence-electron chi connectivity index (χ1n) is 12.5. The van der Waals surface area contributed by atoms with Crippen molar-refractivity contribution in [1.29, 1.82) is 0 Å². The molecule has 0 unspecified atom stereocenters. The Hall–Kier alpha value is -3.88. The van der Waals surface area contributed by atoms with Crippen LogP contribution in [0.5, 0.6) is 11.5 Å². The number of nitrogens with zero attached hydrogens (tertiary/aromatic N) is 1. The Morgan fingerprint density at radius 2 is 1.76 bits per heavy atom. The van der Waals surface area contributed by atoms with E-state index in [-0.39, 0.29) is 31.5 Å². The van der Waals surface area contributed by atoms with Crippen LogP contribution in [0.25, 0.3) is 10.1 Å². The maximum Gasteiger partial charge on any atom is 0.331 e. The molecule has 7 nitrogen and oxygen atoms in total. The molecule has 1 aliphatic heterocycles. The van der Waals surface area contributed by atoms with Gasteiger partial charge in [-0.2, -0.15) is 0 Å². The van der Waals surface area contributed by atoms with Crippen LogP contribution >= 0.6 is 11.3 Å². The zero-order valence-corrected chi connectivity index (χ0v) is 21.2. The zero-order valence-electron chi connectivity index (χ0n) is 20.4. The molecule has 0 saturated heterocycles.